The minimum atomic E-state index is -0.976. The van der Waals surface area contributed by atoms with Crippen LogP contribution >= 0.6 is 11.3 Å². The predicted molar refractivity (Wildman–Crippen MR) is 73.1 cm³/mol. The SMILES string of the molecule is CC(C)(CC(=O)O)CC(=O)NC(=O)NCc1nccs1. The molecule has 0 saturated heterocycles. The molecule has 1 aromatic heterocycles. The van der Waals surface area contributed by atoms with Crippen molar-refractivity contribution >= 4 is 29.2 Å². The summed E-state index contributed by atoms with van der Waals surface area (Å²) in [5.41, 5.74) is -0.703. The number of nitrogens with one attached hydrogen (secondary N) is 2. The highest BCUT2D eigenvalue weighted by Crippen LogP contribution is 2.24. The van der Waals surface area contributed by atoms with Crippen molar-refractivity contribution in [2.75, 3.05) is 0 Å². The van der Waals surface area contributed by atoms with Gasteiger partial charge in [0.1, 0.15) is 5.01 Å². The van der Waals surface area contributed by atoms with Crippen LogP contribution in [0.4, 0.5) is 4.79 Å². The van der Waals surface area contributed by atoms with Gasteiger partial charge in [-0.2, -0.15) is 0 Å². The number of rotatable bonds is 6. The lowest BCUT2D eigenvalue weighted by Crippen LogP contribution is -2.40. The smallest absolute Gasteiger partial charge is 0.321 e. The van der Waals surface area contributed by atoms with Crippen LogP contribution in [-0.4, -0.2) is 28.0 Å². The molecule has 0 fully saturated rings. The molecule has 0 unspecified atom stereocenters. The summed E-state index contributed by atoms with van der Waals surface area (Å²) in [7, 11) is 0. The van der Waals surface area contributed by atoms with Gasteiger partial charge in [0, 0.05) is 18.0 Å². The zero-order valence-corrected chi connectivity index (χ0v) is 12.1. The van der Waals surface area contributed by atoms with Crippen molar-refractivity contribution in [3.8, 4) is 0 Å². The third kappa shape index (κ3) is 6.28. The van der Waals surface area contributed by atoms with Crippen molar-refractivity contribution in [3.05, 3.63) is 16.6 Å². The fourth-order valence-electron chi connectivity index (χ4n) is 1.62. The number of nitrogens with zero attached hydrogens (tertiary/aromatic N) is 1. The van der Waals surface area contributed by atoms with Gasteiger partial charge in [-0.15, -0.1) is 11.3 Å². The summed E-state index contributed by atoms with van der Waals surface area (Å²) in [5, 5.41) is 15.9. The average molecular weight is 299 g/mol. The lowest BCUT2D eigenvalue weighted by atomic mass is 9.85. The maximum absolute atomic E-state index is 11.6. The second-order valence-electron chi connectivity index (χ2n) is 5.07. The third-order valence-electron chi connectivity index (χ3n) is 2.41. The molecule has 0 radical (unpaired) electrons. The number of carboxylic acid groups (broad SMARTS) is 1. The lowest BCUT2D eigenvalue weighted by Gasteiger charge is -2.21. The molecule has 3 N–H and O–H groups in total. The Morgan fingerprint density at radius 1 is 1.35 bits per heavy atom. The first-order valence-corrected chi connectivity index (χ1v) is 6.84. The van der Waals surface area contributed by atoms with Crippen molar-refractivity contribution in [2.45, 2.75) is 33.2 Å². The van der Waals surface area contributed by atoms with Gasteiger partial charge in [0.05, 0.1) is 13.0 Å². The molecule has 0 aromatic carbocycles. The van der Waals surface area contributed by atoms with E-state index >= 15 is 0 Å². The number of amides is 3. The molecule has 1 aromatic rings. The summed E-state index contributed by atoms with van der Waals surface area (Å²) >= 11 is 1.40. The van der Waals surface area contributed by atoms with Gasteiger partial charge in [0.2, 0.25) is 5.91 Å². The normalized spacial score (nSPS) is 10.9. The number of aliphatic carboxylic acids is 1. The number of carbonyl (C=O) groups excluding carboxylic acids is 2. The van der Waals surface area contributed by atoms with Gasteiger partial charge in [0.25, 0.3) is 0 Å². The molecule has 0 aliphatic heterocycles. The number of hydrogen-bond acceptors (Lipinski definition) is 5. The molecule has 7 nitrogen and oxygen atoms in total. The van der Waals surface area contributed by atoms with Crippen LogP contribution in [0.5, 0.6) is 0 Å². The van der Waals surface area contributed by atoms with Crippen molar-refractivity contribution in [3.63, 3.8) is 0 Å². The van der Waals surface area contributed by atoms with E-state index in [0.29, 0.717) is 0 Å². The summed E-state index contributed by atoms with van der Waals surface area (Å²) in [6.07, 6.45) is 1.45. The maximum Gasteiger partial charge on any atom is 0.321 e. The van der Waals surface area contributed by atoms with E-state index in [1.54, 1.807) is 25.4 Å². The van der Waals surface area contributed by atoms with Crippen LogP contribution in [-0.2, 0) is 16.1 Å². The molecule has 0 bridgehead atoms. The monoisotopic (exact) mass is 299 g/mol. The quantitative estimate of drug-likeness (QED) is 0.735. The zero-order valence-electron chi connectivity index (χ0n) is 11.3. The van der Waals surface area contributed by atoms with Crippen molar-refractivity contribution in [1.29, 1.82) is 0 Å². The topological polar surface area (TPSA) is 108 Å². The lowest BCUT2D eigenvalue weighted by molar-refractivity contribution is -0.139. The van der Waals surface area contributed by atoms with Gasteiger partial charge < -0.3 is 10.4 Å². The Hall–Kier alpha value is -1.96. The average Bonchev–Trinajstić information content (AvgIpc) is 2.75. The Kier molecular flexibility index (Phi) is 5.63. The second kappa shape index (κ2) is 6.99. The van der Waals surface area contributed by atoms with Crippen molar-refractivity contribution in [2.24, 2.45) is 5.41 Å². The van der Waals surface area contributed by atoms with Gasteiger partial charge in [-0.05, 0) is 5.41 Å². The Morgan fingerprint density at radius 2 is 2.05 bits per heavy atom. The Morgan fingerprint density at radius 3 is 2.60 bits per heavy atom. The summed E-state index contributed by atoms with van der Waals surface area (Å²) in [6, 6.07) is -0.615. The largest absolute Gasteiger partial charge is 0.481 e. The molecule has 0 spiro atoms. The molecule has 0 aliphatic rings. The maximum atomic E-state index is 11.6. The number of urea groups is 1. The number of thiazole rings is 1. The van der Waals surface area contributed by atoms with Crippen LogP contribution in [0.3, 0.4) is 0 Å². The molecule has 20 heavy (non-hydrogen) atoms. The fraction of sp³-hybridized carbons (Fsp3) is 0.500. The molecule has 3 amide bonds. The van der Waals surface area contributed by atoms with E-state index in [4.69, 9.17) is 5.11 Å². The molecule has 0 atom stereocenters. The standard InChI is InChI=1S/C12H17N3O4S/c1-12(2,6-10(17)18)5-8(16)15-11(19)14-7-9-13-3-4-20-9/h3-4H,5-7H2,1-2H3,(H,17,18)(H2,14,15,16,19). The number of hydrogen-bond donors (Lipinski definition) is 3. The van der Waals surface area contributed by atoms with Gasteiger partial charge in [0.15, 0.2) is 0 Å². The van der Waals surface area contributed by atoms with E-state index in [9.17, 15) is 14.4 Å². The minimum Gasteiger partial charge on any atom is -0.481 e. The first kappa shape index (κ1) is 16.1. The number of carbonyl (C=O) groups is 3. The van der Waals surface area contributed by atoms with Crippen molar-refractivity contribution in [1.82, 2.24) is 15.6 Å². The Labute approximate surface area is 120 Å². The Bertz CT molecular complexity index is 485. The van der Waals surface area contributed by atoms with Gasteiger partial charge >= 0.3 is 12.0 Å². The number of aromatic nitrogens is 1. The zero-order chi connectivity index (χ0) is 15.2. The van der Waals surface area contributed by atoms with Crippen LogP contribution in [0.1, 0.15) is 31.7 Å². The van der Waals surface area contributed by atoms with Gasteiger partial charge in [-0.25, -0.2) is 9.78 Å². The minimum absolute atomic E-state index is 0.0377. The highest BCUT2D eigenvalue weighted by Gasteiger charge is 2.25. The third-order valence-corrected chi connectivity index (χ3v) is 3.19. The number of imide groups is 1. The molecule has 0 aliphatic carbocycles. The number of carboxylic acids is 1. The fourth-order valence-corrected chi connectivity index (χ4v) is 2.17. The first-order valence-electron chi connectivity index (χ1n) is 5.96. The van der Waals surface area contributed by atoms with Crippen LogP contribution in [0.25, 0.3) is 0 Å². The highest BCUT2D eigenvalue weighted by molar-refractivity contribution is 7.09. The van der Waals surface area contributed by atoms with Crippen LogP contribution in [0.2, 0.25) is 0 Å². The predicted octanol–water partition coefficient (Wildman–Crippen LogP) is 1.36. The molecule has 1 rings (SSSR count). The van der Waals surface area contributed by atoms with E-state index in [1.165, 1.54) is 11.3 Å². The molecular formula is C12H17N3O4S. The molecule has 8 heteroatoms. The summed E-state index contributed by atoms with van der Waals surface area (Å²) in [6.45, 7) is 3.57. The van der Waals surface area contributed by atoms with Gasteiger partial charge in [-0.3, -0.25) is 14.9 Å². The van der Waals surface area contributed by atoms with Crippen LogP contribution in [0, 0.1) is 5.41 Å². The summed E-state index contributed by atoms with van der Waals surface area (Å²) < 4.78 is 0. The van der Waals surface area contributed by atoms with Gasteiger partial charge in [-0.1, -0.05) is 13.8 Å². The second-order valence-corrected chi connectivity index (χ2v) is 6.05. The van der Waals surface area contributed by atoms with E-state index in [0.717, 1.165) is 5.01 Å². The highest BCUT2D eigenvalue weighted by atomic mass is 32.1. The molecule has 110 valence electrons. The van der Waals surface area contributed by atoms with Crippen LogP contribution < -0.4 is 10.6 Å². The summed E-state index contributed by atoms with van der Waals surface area (Å²) in [5.74, 6) is -1.48. The molecule has 1 heterocycles. The van der Waals surface area contributed by atoms with Crippen LogP contribution in [0.15, 0.2) is 11.6 Å². The summed E-state index contributed by atoms with van der Waals surface area (Å²) in [4.78, 5) is 37.7. The van der Waals surface area contributed by atoms with E-state index < -0.39 is 23.3 Å². The van der Waals surface area contributed by atoms with E-state index in [1.807, 2.05) is 0 Å². The van der Waals surface area contributed by atoms with E-state index in [-0.39, 0.29) is 19.4 Å². The first-order chi connectivity index (χ1) is 9.28. The Balaban J connectivity index is 2.34. The molecule has 0 saturated carbocycles. The van der Waals surface area contributed by atoms with Crippen molar-refractivity contribution < 1.29 is 19.5 Å². The molecular weight excluding hydrogens is 282 g/mol. The van der Waals surface area contributed by atoms with E-state index in [2.05, 4.69) is 15.6 Å².